The van der Waals surface area contributed by atoms with E-state index in [0.29, 0.717) is 5.69 Å². The molecule has 17 heavy (non-hydrogen) atoms. The number of halogens is 3. The highest BCUT2D eigenvalue weighted by Crippen LogP contribution is 2.28. The van der Waals surface area contributed by atoms with Crippen molar-refractivity contribution in [1.29, 1.82) is 0 Å². The number of benzene rings is 1. The molecule has 0 spiro atoms. The summed E-state index contributed by atoms with van der Waals surface area (Å²) in [5.41, 5.74) is 0.157. The molecule has 1 aliphatic rings. The molecule has 1 aromatic rings. The Morgan fingerprint density at radius 2 is 2.06 bits per heavy atom. The molecule has 0 unspecified atom stereocenters. The van der Waals surface area contributed by atoms with Crippen LogP contribution in [0.1, 0.15) is 12.0 Å². The molecule has 0 fully saturated rings. The minimum atomic E-state index is -4.55. The number of hydrazone groups is 1. The number of aryl methyl sites for hydroxylation is 1. The first-order valence-corrected chi connectivity index (χ1v) is 4.92. The summed E-state index contributed by atoms with van der Waals surface area (Å²) >= 11 is 0. The van der Waals surface area contributed by atoms with Gasteiger partial charge in [-0.15, -0.1) is 0 Å². The number of carbonyl (C=O) groups is 1. The summed E-state index contributed by atoms with van der Waals surface area (Å²) in [6.45, 7) is 1.79. The molecule has 6 heteroatoms. The zero-order valence-electron chi connectivity index (χ0n) is 8.95. The minimum absolute atomic E-state index is 0.356. The van der Waals surface area contributed by atoms with Crippen molar-refractivity contribution in [2.24, 2.45) is 5.10 Å². The van der Waals surface area contributed by atoms with E-state index in [-0.39, 0.29) is 0 Å². The molecule has 2 rings (SSSR count). The Morgan fingerprint density at radius 3 is 2.59 bits per heavy atom. The summed E-state index contributed by atoms with van der Waals surface area (Å²) in [5, 5.41) is 4.13. The van der Waals surface area contributed by atoms with E-state index >= 15 is 0 Å². The van der Waals surface area contributed by atoms with Gasteiger partial charge in [0.2, 0.25) is 0 Å². The standard InChI is InChI=1S/C11H9F3N2O/c1-7-3-2-4-8(5-7)16-10(17)6-9(15-16)11(12,13)14/h2-5H,6H2,1H3. The van der Waals surface area contributed by atoms with Crippen molar-refractivity contribution in [2.45, 2.75) is 19.5 Å². The Bertz CT molecular complexity index is 494. The number of carbonyl (C=O) groups excluding carboxylic acids is 1. The van der Waals surface area contributed by atoms with E-state index in [1.807, 2.05) is 0 Å². The lowest BCUT2D eigenvalue weighted by atomic mass is 10.2. The second kappa shape index (κ2) is 3.87. The van der Waals surface area contributed by atoms with E-state index in [1.54, 1.807) is 31.2 Å². The predicted octanol–water partition coefficient (Wildman–Crippen LogP) is 2.65. The van der Waals surface area contributed by atoms with Crippen LogP contribution in [-0.4, -0.2) is 17.8 Å². The molecule has 90 valence electrons. The first kappa shape index (κ1) is 11.6. The first-order valence-electron chi connectivity index (χ1n) is 4.92. The van der Waals surface area contributed by atoms with Gasteiger partial charge in [-0.25, -0.2) is 5.01 Å². The summed E-state index contributed by atoms with van der Waals surface area (Å²) in [6.07, 6.45) is -5.24. The number of anilines is 1. The number of nitrogens with zero attached hydrogens (tertiary/aromatic N) is 2. The Labute approximate surface area is 95.5 Å². The fourth-order valence-electron chi connectivity index (χ4n) is 1.55. The predicted molar refractivity (Wildman–Crippen MR) is 56.8 cm³/mol. The molecule has 0 N–H and O–H groups in total. The fourth-order valence-corrected chi connectivity index (χ4v) is 1.55. The highest BCUT2D eigenvalue weighted by Gasteiger charge is 2.42. The van der Waals surface area contributed by atoms with Crippen molar-refractivity contribution in [3.63, 3.8) is 0 Å². The van der Waals surface area contributed by atoms with Gasteiger partial charge in [-0.3, -0.25) is 4.79 Å². The van der Waals surface area contributed by atoms with Crippen LogP contribution in [-0.2, 0) is 4.79 Å². The van der Waals surface area contributed by atoms with E-state index < -0.39 is 24.2 Å². The topological polar surface area (TPSA) is 32.7 Å². The summed E-state index contributed by atoms with van der Waals surface area (Å²) < 4.78 is 37.2. The molecule has 0 saturated carbocycles. The number of amides is 1. The van der Waals surface area contributed by atoms with Gasteiger partial charge in [0.25, 0.3) is 5.91 Å². The SMILES string of the molecule is Cc1cccc(N2N=C(C(F)(F)F)CC2=O)c1. The molecule has 0 atom stereocenters. The van der Waals surface area contributed by atoms with Crippen molar-refractivity contribution in [2.75, 3.05) is 5.01 Å². The van der Waals surface area contributed by atoms with Crippen molar-refractivity contribution < 1.29 is 18.0 Å². The third-order valence-electron chi connectivity index (χ3n) is 2.35. The molecule has 3 nitrogen and oxygen atoms in total. The van der Waals surface area contributed by atoms with E-state index in [4.69, 9.17) is 0 Å². The molecule has 0 radical (unpaired) electrons. The first-order chi connectivity index (χ1) is 7.88. The van der Waals surface area contributed by atoms with E-state index in [1.165, 1.54) is 0 Å². The smallest absolute Gasteiger partial charge is 0.272 e. The quantitative estimate of drug-likeness (QED) is 0.745. The maximum Gasteiger partial charge on any atom is 0.431 e. The van der Waals surface area contributed by atoms with Gasteiger partial charge in [0, 0.05) is 0 Å². The van der Waals surface area contributed by atoms with Gasteiger partial charge in [-0.05, 0) is 24.6 Å². The number of rotatable bonds is 1. The van der Waals surface area contributed by atoms with Crippen LogP contribution in [0.5, 0.6) is 0 Å². The molecule has 0 aliphatic carbocycles. The lowest BCUT2D eigenvalue weighted by molar-refractivity contribution is -0.117. The Hall–Kier alpha value is -1.85. The molecule has 1 heterocycles. The van der Waals surface area contributed by atoms with Crippen LogP contribution in [0.2, 0.25) is 0 Å². The molecular formula is C11H9F3N2O. The van der Waals surface area contributed by atoms with Gasteiger partial charge in [0.05, 0.1) is 12.1 Å². The monoisotopic (exact) mass is 242 g/mol. The average Bonchev–Trinajstić information content (AvgIpc) is 2.60. The summed E-state index contributed by atoms with van der Waals surface area (Å²) in [5.74, 6) is -0.664. The lowest BCUT2D eigenvalue weighted by Gasteiger charge is -2.11. The fraction of sp³-hybridized carbons (Fsp3) is 0.273. The van der Waals surface area contributed by atoms with Crippen LogP contribution in [0.25, 0.3) is 0 Å². The number of hydrogen-bond donors (Lipinski definition) is 0. The number of alkyl halides is 3. The van der Waals surface area contributed by atoms with Crippen LogP contribution in [0.3, 0.4) is 0 Å². The molecular weight excluding hydrogens is 233 g/mol. The second-order valence-electron chi connectivity index (χ2n) is 3.77. The van der Waals surface area contributed by atoms with Gasteiger partial charge in [0.15, 0.2) is 5.71 Å². The normalized spacial score (nSPS) is 16.4. The van der Waals surface area contributed by atoms with Crippen LogP contribution in [0.4, 0.5) is 18.9 Å². The van der Waals surface area contributed by atoms with E-state index in [9.17, 15) is 18.0 Å². The zero-order chi connectivity index (χ0) is 12.6. The maximum atomic E-state index is 12.4. The van der Waals surface area contributed by atoms with Crippen molar-refractivity contribution in [1.82, 2.24) is 0 Å². The molecule has 1 aromatic carbocycles. The molecule has 1 aliphatic heterocycles. The molecule has 1 amide bonds. The van der Waals surface area contributed by atoms with Crippen molar-refractivity contribution in [3.8, 4) is 0 Å². The Morgan fingerprint density at radius 1 is 1.35 bits per heavy atom. The summed E-state index contributed by atoms with van der Waals surface area (Å²) in [7, 11) is 0. The largest absolute Gasteiger partial charge is 0.431 e. The molecule has 0 saturated heterocycles. The third-order valence-corrected chi connectivity index (χ3v) is 2.35. The Balaban J connectivity index is 2.34. The molecule has 0 aromatic heterocycles. The van der Waals surface area contributed by atoms with Gasteiger partial charge in [-0.2, -0.15) is 18.3 Å². The van der Waals surface area contributed by atoms with E-state index in [2.05, 4.69) is 5.10 Å². The third kappa shape index (κ3) is 2.30. The van der Waals surface area contributed by atoms with Gasteiger partial charge < -0.3 is 0 Å². The van der Waals surface area contributed by atoms with Crippen LogP contribution in [0.15, 0.2) is 29.4 Å². The van der Waals surface area contributed by atoms with Gasteiger partial charge in [-0.1, -0.05) is 12.1 Å². The number of hydrogen-bond acceptors (Lipinski definition) is 2. The van der Waals surface area contributed by atoms with Crippen LogP contribution >= 0.6 is 0 Å². The van der Waals surface area contributed by atoms with Crippen molar-refractivity contribution >= 4 is 17.3 Å². The van der Waals surface area contributed by atoms with Gasteiger partial charge >= 0.3 is 6.18 Å². The molecule has 0 bridgehead atoms. The maximum absolute atomic E-state index is 12.4. The highest BCUT2D eigenvalue weighted by molar-refractivity contribution is 6.14. The minimum Gasteiger partial charge on any atom is -0.272 e. The van der Waals surface area contributed by atoms with Gasteiger partial charge in [0.1, 0.15) is 0 Å². The van der Waals surface area contributed by atoms with Crippen LogP contribution in [0, 0.1) is 6.92 Å². The summed E-state index contributed by atoms with van der Waals surface area (Å²) in [4.78, 5) is 11.5. The average molecular weight is 242 g/mol. The van der Waals surface area contributed by atoms with Crippen molar-refractivity contribution in [3.05, 3.63) is 29.8 Å². The Kier molecular flexibility index (Phi) is 2.65. The van der Waals surface area contributed by atoms with Crippen LogP contribution < -0.4 is 5.01 Å². The van der Waals surface area contributed by atoms with E-state index in [0.717, 1.165) is 10.6 Å². The second-order valence-corrected chi connectivity index (χ2v) is 3.77. The highest BCUT2D eigenvalue weighted by atomic mass is 19.4. The lowest BCUT2D eigenvalue weighted by Crippen LogP contribution is -2.22. The summed E-state index contributed by atoms with van der Waals surface area (Å²) in [6, 6.07) is 6.62. The zero-order valence-corrected chi connectivity index (χ0v) is 8.95.